The number of nitrogens with one attached hydrogen (secondary N) is 1. The van der Waals surface area contributed by atoms with Gasteiger partial charge < -0.3 is 9.88 Å². The lowest BCUT2D eigenvalue weighted by Crippen LogP contribution is -2.37. The zero-order chi connectivity index (χ0) is 15.0. The minimum absolute atomic E-state index is 0.0292. The molecule has 0 aliphatic heterocycles. The van der Waals surface area contributed by atoms with E-state index in [4.69, 9.17) is 0 Å². The zero-order valence-corrected chi connectivity index (χ0v) is 10.9. The van der Waals surface area contributed by atoms with Gasteiger partial charge in [0.15, 0.2) is 6.29 Å². The molecule has 0 spiro atoms. The van der Waals surface area contributed by atoms with Gasteiger partial charge in [-0.05, 0) is 25.0 Å². The molecule has 0 fully saturated rings. The molecule has 1 aromatic rings. The van der Waals surface area contributed by atoms with Crippen molar-refractivity contribution in [1.82, 2.24) is 9.88 Å². The number of halogens is 3. The first-order chi connectivity index (χ1) is 9.45. The number of unbranched alkanes of at least 4 members (excludes halogenated alkanes) is 3. The summed E-state index contributed by atoms with van der Waals surface area (Å²) in [6.07, 6.45) is 0.699. The topological polar surface area (TPSA) is 51.1 Å². The monoisotopic (exact) mass is 290 g/mol. The largest absolute Gasteiger partial charge is 0.471 e. The number of alkyl halides is 3. The van der Waals surface area contributed by atoms with Crippen molar-refractivity contribution in [2.45, 2.75) is 38.4 Å². The molecule has 0 radical (unpaired) electrons. The molecule has 0 bridgehead atoms. The van der Waals surface area contributed by atoms with Crippen molar-refractivity contribution in [1.29, 1.82) is 0 Å². The van der Waals surface area contributed by atoms with E-state index < -0.39 is 12.1 Å². The van der Waals surface area contributed by atoms with Gasteiger partial charge in [-0.15, -0.1) is 0 Å². The molecule has 0 aliphatic rings. The molecular formula is C13H17F3N2O2. The number of amides is 1. The number of nitrogens with zero attached hydrogens (tertiary/aromatic N) is 1. The Balaban J connectivity index is 2.06. The lowest BCUT2D eigenvalue weighted by atomic mass is 10.2. The van der Waals surface area contributed by atoms with Gasteiger partial charge in [0.2, 0.25) is 0 Å². The highest BCUT2D eigenvalue weighted by molar-refractivity contribution is 5.81. The fourth-order valence-corrected chi connectivity index (χ4v) is 1.80. The van der Waals surface area contributed by atoms with Gasteiger partial charge >= 0.3 is 12.1 Å². The number of aldehydes is 1. The molecule has 1 heterocycles. The third-order valence-electron chi connectivity index (χ3n) is 2.85. The van der Waals surface area contributed by atoms with Crippen LogP contribution in [0.4, 0.5) is 13.2 Å². The minimum Gasteiger partial charge on any atom is -0.348 e. The molecule has 0 saturated heterocycles. The van der Waals surface area contributed by atoms with E-state index in [1.54, 1.807) is 12.1 Å². The summed E-state index contributed by atoms with van der Waals surface area (Å²) < 4.78 is 37.4. The lowest BCUT2D eigenvalue weighted by Gasteiger charge is -2.08. The van der Waals surface area contributed by atoms with E-state index in [9.17, 15) is 22.8 Å². The summed E-state index contributed by atoms with van der Waals surface area (Å²) in [5.74, 6) is -1.89. The van der Waals surface area contributed by atoms with Crippen molar-refractivity contribution in [3.63, 3.8) is 0 Å². The molecule has 0 saturated carbocycles. The van der Waals surface area contributed by atoms with Crippen molar-refractivity contribution >= 4 is 12.2 Å². The Kier molecular flexibility index (Phi) is 6.27. The fourth-order valence-electron chi connectivity index (χ4n) is 1.80. The van der Waals surface area contributed by atoms with Gasteiger partial charge in [-0.2, -0.15) is 13.2 Å². The maximum Gasteiger partial charge on any atom is 0.471 e. The van der Waals surface area contributed by atoms with Crippen molar-refractivity contribution in [2.24, 2.45) is 0 Å². The molecule has 112 valence electrons. The molecule has 20 heavy (non-hydrogen) atoms. The summed E-state index contributed by atoms with van der Waals surface area (Å²) in [5, 5.41) is 1.83. The summed E-state index contributed by atoms with van der Waals surface area (Å²) in [7, 11) is 0. The average Bonchev–Trinajstić information content (AvgIpc) is 2.83. The number of aromatic nitrogens is 1. The van der Waals surface area contributed by atoms with Crippen LogP contribution in [0.1, 0.15) is 36.2 Å². The number of rotatable bonds is 8. The van der Waals surface area contributed by atoms with E-state index in [2.05, 4.69) is 0 Å². The highest BCUT2D eigenvalue weighted by Gasteiger charge is 2.38. The normalized spacial score (nSPS) is 11.3. The Hall–Kier alpha value is -1.79. The van der Waals surface area contributed by atoms with Crippen molar-refractivity contribution in [2.75, 3.05) is 6.54 Å². The van der Waals surface area contributed by atoms with Crippen molar-refractivity contribution in [3.05, 3.63) is 24.0 Å². The second kappa shape index (κ2) is 7.72. The lowest BCUT2D eigenvalue weighted by molar-refractivity contribution is -0.173. The van der Waals surface area contributed by atoms with Gasteiger partial charge in [-0.1, -0.05) is 12.8 Å². The fraction of sp³-hybridized carbons (Fsp3) is 0.538. The number of hydrogen-bond donors (Lipinski definition) is 1. The van der Waals surface area contributed by atoms with Crippen molar-refractivity contribution in [3.8, 4) is 0 Å². The summed E-state index contributed by atoms with van der Waals surface area (Å²) in [6, 6.07) is 3.51. The summed E-state index contributed by atoms with van der Waals surface area (Å²) in [4.78, 5) is 21.2. The summed E-state index contributed by atoms with van der Waals surface area (Å²) in [6.45, 7) is 0.734. The van der Waals surface area contributed by atoms with E-state index >= 15 is 0 Å². The zero-order valence-electron chi connectivity index (χ0n) is 10.9. The molecule has 0 aromatic carbocycles. The first kappa shape index (κ1) is 16.3. The van der Waals surface area contributed by atoms with E-state index in [0.29, 0.717) is 18.7 Å². The van der Waals surface area contributed by atoms with Crippen LogP contribution in [-0.4, -0.2) is 29.5 Å². The highest BCUT2D eigenvalue weighted by Crippen LogP contribution is 2.14. The van der Waals surface area contributed by atoms with E-state index in [1.165, 1.54) is 0 Å². The van der Waals surface area contributed by atoms with Gasteiger partial charge in [0.1, 0.15) is 0 Å². The first-order valence-corrected chi connectivity index (χ1v) is 6.40. The van der Waals surface area contributed by atoms with Crippen LogP contribution in [0.25, 0.3) is 0 Å². The third-order valence-corrected chi connectivity index (χ3v) is 2.85. The second-order valence-electron chi connectivity index (χ2n) is 4.41. The molecule has 7 heteroatoms. The SMILES string of the molecule is O=Cc1cccn1CCCCCCNC(=O)C(F)(F)F. The second-order valence-corrected chi connectivity index (χ2v) is 4.41. The molecular weight excluding hydrogens is 273 g/mol. The Morgan fingerprint density at radius 2 is 1.95 bits per heavy atom. The van der Waals surface area contributed by atoms with Crippen LogP contribution in [0.15, 0.2) is 18.3 Å². The number of aryl methyl sites for hydroxylation is 1. The maximum atomic E-state index is 11.9. The Bertz CT molecular complexity index is 441. The molecule has 1 N–H and O–H groups in total. The van der Waals surface area contributed by atoms with Gasteiger partial charge in [0.05, 0.1) is 5.69 Å². The van der Waals surface area contributed by atoms with E-state index in [-0.39, 0.29) is 6.54 Å². The van der Waals surface area contributed by atoms with Crippen LogP contribution in [0.2, 0.25) is 0 Å². The Labute approximate surface area is 115 Å². The molecule has 0 unspecified atom stereocenters. The van der Waals surface area contributed by atoms with Gasteiger partial charge in [0, 0.05) is 19.3 Å². The number of hydrogen-bond acceptors (Lipinski definition) is 2. The third kappa shape index (κ3) is 5.46. The predicted molar refractivity (Wildman–Crippen MR) is 67.4 cm³/mol. The highest BCUT2D eigenvalue weighted by atomic mass is 19.4. The molecule has 0 atom stereocenters. The molecule has 1 amide bonds. The van der Waals surface area contributed by atoms with Gasteiger partial charge in [-0.3, -0.25) is 9.59 Å². The van der Waals surface area contributed by atoms with Gasteiger partial charge in [-0.25, -0.2) is 0 Å². The van der Waals surface area contributed by atoms with Crippen molar-refractivity contribution < 1.29 is 22.8 Å². The Morgan fingerprint density at radius 1 is 1.25 bits per heavy atom. The Morgan fingerprint density at radius 3 is 2.60 bits per heavy atom. The average molecular weight is 290 g/mol. The minimum atomic E-state index is -4.81. The standard InChI is InChI=1S/C13H17F3N2O2/c14-13(15,16)12(20)17-7-3-1-2-4-8-18-9-5-6-11(18)10-19/h5-6,9-10H,1-4,7-8H2,(H,17,20). The van der Waals surface area contributed by atoms with Crippen LogP contribution in [0, 0.1) is 0 Å². The molecule has 0 aliphatic carbocycles. The van der Waals surface area contributed by atoms with E-state index in [1.807, 2.05) is 16.1 Å². The molecule has 1 aromatic heterocycles. The molecule has 4 nitrogen and oxygen atoms in total. The number of carbonyl (C=O) groups excluding carboxylic acids is 2. The predicted octanol–water partition coefficient (Wildman–Crippen LogP) is 2.54. The van der Waals surface area contributed by atoms with Crippen LogP contribution in [0.5, 0.6) is 0 Å². The van der Waals surface area contributed by atoms with Crippen LogP contribution in [-0.2, 0) is 11.3 Å². The molecule has 1 rings (SSSR count). The van der Waals surface area contributed by atoms with Crippen LogP contribution in [0.3, 0.4) is 0 Å². The van der Waals surface area contributed by atoms with Crippen LogP contribution >= 0.6 is 0 Å². The summed E-state index contributed by atoms with van der Waals surface area (Å²) in [5.41, 5.74) is 0.613. The first-order valence-electron chi connectivity index (χ1n) is 6.40. The summed E-state index contributed by atoms with van der Waals surface area (Å²) >= 11 is 0. The number of carbonyl (C=O) groups is 2. The smallest absolute Gasteiger partial charge is 0.348 e. The quantitative estimate of drug-likeness (QED) is 0.591. The van der Waals surface area contributed by atoms with Gasteiger partial charge in [0.25, 0.3) is 0 Å². The maximum absolute atomic E-state index is 11.9. The van der Waals surface area contributed by atoms with E-state index in [0.717, 1.165) is 25.5 Å². The van der Waals surface area contributed by atoms with Crippen LogP contribution < -0.4 is 5.32 Å².